The van der Waals surface area contributed by atoms with E-state index in [1.54, 1.807) is 0 Å². The molecular formula is C19H31N3O3. The summed E-state index contributed by atoms with van der Waals surface area (Å²) in [4.78, 5) is 25.9. The topological polar surface area (TPSA) is 74.6 Å². The van der Waals surface area contributed by atoms with Crippen molar-refractivity contribution in [2.24, 2.45) is 11.8 Å². The number of carbonyl (C=O) groups is 2. The molecule has 1 saturated heterocycles. The highest BCUT2D eigenvalue weighted by Gasteiger charge is 2.22. The maximum atomic E-state index is 11.8. The van der Waals surface area contributed by atoms with Crippen molar-refractivity contribution in [3.05, 3.63) is 23.2 Å². The molecule has 140 valence electrons. The largest absolute Gasteiger partial charge is 0.466 e. The van der Waals surface area contributed by atoms with Crippen LogP contribution in [0.2, 0.25) is 0 Å². The molecule has 2 N–H and O–H groups in total. The summed E-state index contributed by atoms with van der Waals surface area (Å²) in [6.07, 6.45) is 2.06. The van der Waals surface area contributed by atoms with Gasteiger partial charge in [-0.2, -0.15) is 0 Å². The predicted molar refractivity (Wildman–Crippen MR) is 97.0 cm³/mol. The number of hydrogen-bond donors (Lipinski definition) is 2. The van der Waals surface area contributed by atoms with E-state index in [-0.39, 0.29) is 0 Å². The molecule has 1 aliphatic rings. The lowest BCUT2D eigenvalue weighted by Gasteiger charge is -2.31. The average molecular weight is 349 g/mol. The maximum Gasteiger partial charge on any atom is 0.309 e. The lowest BCUT2D eigenvalue weighted by molar-refractivity contribution is -0.139. The first-order valence-electron chi connectivity index (χ1n) is 9.19. The highest BCUT2D eigenvalue weighted by molar-refractivity contribution is 6.35. The van der Waals surface area contributed by atoms with Crippen LogP contribution in [0.1, 0.15) is 43.8 Å². The van der Waals surface area contributed by atoms with Gasteiger partial charge in [-0.05, 0) is 57.7 Å². The summed E-state index contributed by atoms with van der Waals surface area (Å²) in [5.41, 5.74) is 1.26. The fraction of sp³-hybridized carbons (Fsp3) is 0.684. The van der Waals surface area contributed by atoms with Crippen molar-refractivity contribution in [2.45, 2.75) is 47.1 Å². The molecule has 2 amide bonds. The second-order valence-electron chi connectivity index (χ2n) is 7.47. The van der Waals surface area contributed by atoms with Gasteiger partial charge in [-0.1, -0.05) is 13.8 Å². The molecule has 0 saturated carbocycles. The number of piperidine rings is 1. The van der Waals surface area contributed by atoms with E-state index in [0.717, 1.165) is 44.0 Å². The van der Waals surface area contributed by atoms with Crippen LogP contribution in [0.15, 0.2) is 10.5 Å². The molecule has 0 bridgehead atoms. The summed E-state index contributed by atoms with van der Waals surface area (Å²) in [6, 6.07) is 2.11. The minimum absolute atomic E-state index is 0.337. The third-order valence-electron chi connectivity index (χ3n) is 4.67. The van der Waals surface area contributed by atoms with E-state index in [1.807, 2.05) is 27.7 Å². The van der Waals surface area contributed by atoms with Crippen molar-refractivity contribution in [3.63, 3.8) is 0 Å². The summed E-state index contributed by atoms with van der Waals surface area (Å²) in [5.74, 6) is 1.68. The molecule has 0 radical (unpaired) electrons. The SMILES string of the molecule is Cc1cc(CN2CCC(CNC(=O)C(=O)NCC(C)C)CC2)c(C)o1. The van der Waals surface area contributed by atoms with Gasteiger partial charge >= 0.3 is 11.8 Å². The Labute approximate surface area is 150 Å². The minimum atomic E-state index is -0.531. The first-order valence-corrected chi connectivity index (χ1v) is 9.19. The van der Waals surface area contributed by atoms with E-state index >= 15 is 0 Å². The predicted octanol–water partition coefficient (Wildman–Crippen LogP) is 2.00. The number of aryl methyl sites for hydroxylation is 2. The molecule has 25 heavy (non-hydrogen) atoms. The number of likely N-dealkylation sites (tertiary alicyclic amines) is 1. The number of furan rings is 1. The molecule has 2 heterocycles. The summed E-state index contributed by atoms with van der Waals surface area (Å²) in [6.45, 7) is 12.0. The molecule has 0 atom stereocenters. The number of nitrogens with zero attached hydrogens (tertiary/aromatic N) is 1. The van der Waals surface area contributed by atoms with Crippen LogP contribution in [0, 0.1) is 25.7 Å². The lowest BCUT2D eigenvalue weighted by atomic mass is 9.96. The number of carbonyl (C=O) groups excluding carboxylic acids is 2. The molecule has 6 nitrogen and oxygen atoms in total. The van der Waals surface area contributed by atoms with Crippen molar-refractivity contribution < 1.29 is 14.0 Å². The van der Waals surface area contributed by atoms with Gasteiger partial charge in [0.15, 0.2) is 0 Å². The molecule has 0 aliphatic carbocycles. The summed E-state index contributed by atoms with van der Waals surface area (Å²) in [7, 11) is 0. The quantitative estimate of drug-likeness (QED) is 0.771. The van der Waals surface area contributed by atoms with Crippen LogP contribution in [0.25, 0.3) is 0 Å². The molecule has 1 aromatic heterocycles. The van der Waals surface area contributed by atoms with E-state index in [0.29, 0.717) is 24.9 Å². The highest BCUT2D eigenvalue weighted by atomic mass is 16.3. The van der Waals surface area contributed by atoms with Crippen LogP contribution in [-0.4, -0.2) is 42.9 Å². The fourth-order valence-electron chi connectivity index (χ4n) is 3.12. The Kier molecular flexibility index (Phi) is 7.05. The first kappa shape index (κ1) is 19.5. The lowest BCUT2D eigenvalue weighted by Crippen LogP contribution is -2.44. The molecule has 1 aliphatic heterocycles. The van der Waals surface area contributed by atoms with Gasteiger partial charge in [-0.25, -0.2) is 0 Å². The first-order chi connectivity index (χ1) is 11.8. The molecule has 1 aromatic rings. The van der Waals surface area contributed by atoms with Gasteiger partial charge in [0.05, 0.1) is 0 Å². The summed E-state index contributed by atoms with van der Waals surface area (Å²) in [5, 5.41) is 5.41. The van der Waals surface area contributed by atoms with E-state index in [4.69, 9.17) is 4.42 Å². The normalized spacial score (nSPS) is 16.2. The Balaban J connectivity index is 1.67. The van der Waals surface area contributed by atoms with Crippen molar-refractivity contribution in [1.82, 2.24) is 15.5 Å². The van der Waals surface area contributed by atoms with E-state index in [9.17, 15) is 9.59 Å². The van der Waals surface area contributed by atoms with Crippen molar-refractivity contribution in [2.75, 3.05) is 26.2 Å². The molecule has 0 aromatic carbocycles. The maximum absolute atomic E-state index is 11.8. The Morgan fingerprint density at radius 3 is 2.40 bits per heavy atom. The van der Waals surface area contributed by atoms with Gasteiger partial charge in [0.25, 0.3) is 0 Å². The number of hydrogen-bond acceptors (Lipinski definition) is 4. The van der Waals surface area contributed by atoms with E-state index < -0.39 is 11.8 Å². The zero-order chi connectivity index (χ0) is 18.4. The van der Waals surface area contributed by atoms with E-state index in [2.05, 4.69) is 21.6 Å². The van der Waals surface area contributed by atoms with Crippen LogP contribution < -0.4 is 10.6 Å². The monoisotopic (exact) mass is 349 g/mol. The van der Waals surface area contributed by atoms with Crippen LogP contribution >= 0.6 is 0 Å². The van der Waals surface area contributed by atoms with Crippen molar-refractivity contribution in [1.29, 1.82) is 0 Å². The third kappa shape index (κ3) is 6.20. The van der Waals surface area contributed by atoms with E-state index in [1.165, 1.54) is 5.56 Å². The zero-order valence-electron chi connectivity index (χ0n) is 15.9. The van der Waals surface area contributed by atoms with Gasteiger partial charge in [0.2, 0.25) is 0 Å². The van der Waals surface area contributed by atoms with Gasteiger partial charge in [0.1, 0.15) is 11.5 Å². The molecular weight excluding hydrogens is 318 g/mol. The second kappa shape index (κ2) is 9.04. The second-order valence-corrected chi connectivity index (χ2v) is 7.47. The Bertz CT molecular complexity index is 587. The molecule has 0 unspecified atom stereocenters. The fourth-order valence-corrected chi connectivity index (χ4v) is 3.12. The summed E-state index contributed by atoms with van der Waals surface area (Å²) < 4.78 is 5.59. The number of nitrogens with one attached hydrogen (secondary N) is 2. The average Bonchev–Trinajstić information content (AvgIpc) is 2.88. The Morgan fingerprint density at radius 2 is 1.84 bits per heavy atom. The minimum Gasteiger partial charge on any atom is -0.466 e. The van der Waals surface area contributed by atoms with Gasteiger partial charge in [-0.15, -0.1) is 0 Å². The Hall–Kier alpha value is -1.82. The van der Waals surface area contributed by atoms with Gasteiger partial charge in [0, 0.05) is 25.2 Å². The van der Waals surface area contributed by atoms with Gasteiger partial charge < -0.3 is 15.1 Å². The zero-order valence-corrected chi connectivity index (χ0v) is 15.9. The third-order valence-corrected chi connectivity index (χ3v) is 4.67. The Morgan fingerprint density at radius 1 is 1.20 bits per heavy atom. The van der Waals surface area contributed by atoms with Gasteiger partial charge in [-0.3, -0.25) is 14.5 Å². The van der Waals surface area contributed by atoms with Crippen molar-refractivity contribution >= 4 is 11.8 Å². The number of amides is 2. The summed E-state index contributed by atoms with van der Waals surface area (Å²) >= 11 is 0. The smallest absolute Gasteiger partial charge is 0.309 e. The molecule has 0 spiro atoms. The van der Waals surface area contributed by atoms with Crippen LogP contribution in [0.3, 0.4) is 0 Å². The molecule has 2 rings (SSSR count). The molecule has 6 heteroatoms. The number of rotatable bonds is 6. The van der Waals surface area contributed by atoms with Crippen LogP contribution in [0.5, 0.6) is 0 Å². The van der Waals surface area contributed by atoms with Crippen molar-refractivity contribution in [3.8, 4) is 0 Å². The standard InChI is InChI=1S/C19H31N3O3/c1-13(2)10-20-18(23)19(24)21-11-16-5-7-22(8-6-16)12-17-9-14(3)25-15(17)4/h9,13,16H,5-8,10-12H2,1-4H3,(H,20,23)(H,21,24). The molecule has 1 fully saturated rings. The van der Waals surface area contributed by atoms with Crippen LogP contribution in [-0.2, 0) is 16.1 Å². The van der Waals surface area contributed by atoms with Crippen LogP contribution in [0.4, 0.5) is 0 Å². The highest BCUT2D eigenvalue weighted by Crippen LogP contribution is 2.21.